The summed E-state index contributed by atoms with van der Waals surface area (Å²) < 4.78 is 2.02. The summed E-state index contributed by atoms with van der Waals surface area (Å²) in [5.74, 6) is 0.883. The standard InChI is InChI=1S/C20H38N6/c1-5-18-17(19(6-2)25(4)24-18)16-23-20(21-3)22-12-11-15-26-13-9-7-8-10-14-26/h5-16H2,1-4H3,(H2,21,22,23). The molecule has 6 nitrogen and oxygen atoms in total. The predicted octanol–water partition coefficient (Wildman–Crippen LogP) is 2.48. The van der Waals surface area contributed by atoms with E-state index in [0.717, 1.165) is 38.3 Å². The topological polar surface area (TPSA) is 57.5 Å². The summed E-state index contributed by atoms with van der Waals surface area (Å²) in [5.41, 5.74) is 3.82. The molecule has 0 atom stereocenters. The molecule has 0 unspecified atom stereocenters. The van der Waals surface area contributed by atoms with E-state index in [1.807, 2.05) is 18.8 Å². The van der Waals surface area contributed by atoms with Crippen LogP contribution < -0.4 is 10.6 Å². The Morgan fingerprint density at radius 1 is 1.08 bits per heavy atom. The van der Waals surface area contributed by atoms with Gasteiger partial charge in [-0.05, 0) is 51.7 Å². The average molecular weight is 363 g/mol. The van der Waals surface area contributed by atoms with E-state index in [4.69, 9.17) is 0 Å². The van der Waals surface area contributed by atoms with Gasteiger partial charge in [0.15, 0.2) is 5.96 Å². The van der Waals surface area contributed by atoms with Crippen molar-refractivity contribution in [2.45, 2.75) is 65.3 Å². The SMILES string of the molecule is CCc1nn(C)c(CC)c1CNC(=NC)NCCCN1CCCCCC1. The lowest BCUT2D eigenvalue weighted by atomic mass is 10.1. The molecule has 0 amide bonds. The minimum atomic E-state index is 0.784. The number of nitrogens with one attached hydrogen (secondary N) is 2. The number of guanidine groups is 1. The number of aliphatic imine (C=N–C) groups is 1. The normalized spacial score (nSPS) is 16.5. The number of aromatic nitrogens is 2. The number of hydrogen-bond acceptors (Lipinski definition) is 3. The van der Waals surface area contributed by atoms with E-state index in [1.165, 1.54) is 62.3 Å². The molecule has 0 aromatic carbocycles. The van der Waals surface area contributed by atoms with E-state index in [2.05, 4.69) is 39.5 Å². The fourth-order valence-corrected chi connectivity index (χ4v) is 3.86. The third kappa shape index (κ3) is 6.01. The third-order valence-corrected chi connectivity index (χ3v) is 5.33. The molecule has 1 saturated heterocycles. The molecule has 0 saturated carbocycles. The highest BCUT2D eigenvalue weighted by atomic mass is 15.3. The Morgan fingerprint density at radius 2 is 1.81 bits per heavy atom. The molecule has 6 heteroatoms. The Hall–Kier alpha value is -1.56. The van der Waals surface area contributed by atoms with Crippen molar-refractivity contribution in [3.63, 3.8) is 0 Å². The van der Waals surface area contributed by atoms with Crippen molar-refractivity contribution in [1.82, 2.24) is 25.3 Å². The van der Waals surface area contributed by atoms with Crippen molar-refractivity contribution in [2.24, 2.45) is 12.0 Å². The summed E-state index contributed by atoms with van der Waals surface area (Å²) in [6.07, 6.45) is 8.66. The van der Waals surface area contributed by atoms with Crippen molar-refractivity contribution >= 4 is 5.96 Å². The van der Waals surface area contributed by atoms with Crippen LogP contribution in [0.25, 0.3) is 0 Å². The quantitative estimate of drug-likeness (QED) is 0.424. The van der Waals surface area contributed by atoms with Gasteiger partial charge in [-0.3, -0.25) is 9.67 Å². The highest BCUT2D eigenvalue weighted by molar-refractivity contribution is 5.79. The van der Waals surface area contributed by atoms with Gasteiger partial charge >= 0.3 is 0 Å². The first kappa shape index (κ1) is 20.7. The summed E-state index contributed by atoms with van der Waals surface area (Å²) in [6, 6.07) is 0. The van der Waals surface area contributed by atoms with Crippen molar-refractivity contribution in [3.8, 4) is 0 Å². The van der Waals surface area contributed by atoms with E-state index >= 15 is 0 Å². The van der Waals surface area contributed by atoms with Crippen LogP contribution in [0, 0.1) is 0 Å². The molecule has 1 aliphatic heterocycles. The van der Waals surface area contributed by atoms with Crippen molar-refractivity contribution in [3.05, 3.63) is 17.0 Å². The van der Waals surface area contributed by atoms with Gasteiger partial charge in [0.25, 0.3) is 0 Å². The van der Waals surface area contributed by atoms with Crippen LogP contribution in [0.4, 0.5) is 0 Å². The number of rotatable bonds is 8. The zero-order valence-electron chi connectivity index (χ0n) is 17.3. The number of likely N-dealkylation sites (tertiary alicyclic amines) is 1. The van der Waals surface area contributed by atoms with Crippen LogP contribution in [0.3, 0.4) is 0 Å². The van der Waals surface area contributed by atoms with Crippen LogP contribution in [-0.2, 0) is 26.4 Å². The molecule has 0 radical (unpaired) electrons. The molecule has 148 valence electrons. The van der Waals surface area contributed by atoms with Gasteiger partial charge in [-0.2, -0.15) is 5.10 Å². The molecule has 1 aromatic heterocycles. The summed E-state index contributed by atoms with van der Waals surface area (Å²) in [6.45, 7) is 9.83. The lowest BCUT2D eigenvalue weighted by Crippen LogP contribution is -2.38. The molecule has 2 rings (SSSR count). The Morgan fingerprint density at radius 3 is 2.42 bits per heavy atom. The maximum atomic E-state index is 4.65. The molecule has 0 spiro atoms. The molecule has 1 aliphatic rings. The largest absolute Gasteiger partial charge is 0.356 e. The fourth-order valence-electron chi connectivity index (χ4n) is 3.86. The molecule has 26 heavy (non-hydrogen) atoms. The van der Waals surface area contributed by atoms with E-state index in [9.17, 15) is 0 Å². The minimum absolute atomic E-state index is 0.784. The summed E-state index contributed by atoms with van der Waals surface area (Å²) >= 11 is 0. The van der Waals surface area contributed by atoms with E-state index in [1.54, 1.807) is 0 Å². The van der Waals surface area contributed by atoms with Crippen LogP contribution in [0.15, 0.2) is 4.99 Å². The lowest BCUT2D eigenvalue weighted by Gasteiger charge is -2.20. The smallest absolute Gasteiger partial charge is 0.191 e. The van der Waals surface area contributed by atoms with Crippen LogP contribution in [0.1, 0.15) is 62.9 Å². The first-order valence-corrected chi connectivity index (χ1v) is 10.4. The monoisotopic (exact) mass is 362 g/mol. The first-order chi connectivity index (χ1) is 12.7. The van der Waals surface area contributed by atoms with Crippen molar-refractivity contribution in [2.75, 3.05) is 33.2 Å². The maximum Gasteiger partial charge on any atom is 0.191 e. The van der Waals surface area contributed by atoms with Crippen LogP contribution in [0.2, 0.25) is 0 Å². The van der Waals surface area contributed by atoms with Gasteiger partial charge in [-0.1, -0.05) is 26.7 Å². The number of nitrogens with zero attached hydrogens (tertiary/aromatic N) is 4. The molecule has 2 N–H and O–H groups in total. The highest BCUT2D eigenvalue weighted by Crippen LogP contribution is 2.15. The van der Waals surface area contributed by atoms with Crippen molar-refractivity contribution < 1.29 is 0 Å². The van der Waals surface area contributed by atoms with Gasteiger partial charge in [-0.15, -0.1) is 0 Å². The molecule has 2 heterocycles. The minimum Gasteiger partial charge on any atom is -0.356 e. The first-order valence-electron chi connectivity index (χ1n) is 10.4. The molecule has 0 aliphatic carbocycles. The second-order valence-corrected chi connectivity index (χ2v) is 7.16. The van der Waals surface area contributed by atoms with E-state index in [0.29, 0.717) is 0 Å². The molecular weight excluding hydrogens is 324 g/mol. The predicted molar refractivity (Wildman–Crippen MR) is 110 cm³/mol. The maximum absolute atomic E-state index is 4.65. The van der Waals surface area contributed by atoms with Gasteiger partial charge in [0.2, 0.25) is 0 Å². The molecule has 0 bridgehead atoms. The highest BCUT2D eigenvalue weighted by Gasteiger charge is 2.14. The fraction of sp³-hybridized carbons (Fsp3) is 0.800. The van der Waals surface area contributed by atoms with Gasteiger partial charge in [-0.25, -0.2) is 0 Å². The second-order valence-electron chi connectivity index (χ2n) is 7.16. The zero-order valence-corrected chi connectivity index (χ0v) is 17.3. The van der Waals surface area contributed by atoms with Gasteiger partial charge < -0.3 is 15.5 Å². The molecular formula is C20H38N6. The van der Waals surface area contributed by atoms with Crippen molar-refractivity contribution in [1.29, 1.82) is 0 Å². The number of hydrogen-bond donors (Lipinski definition) is 2. The van der Waals surface area contributed by atoms with Gasteiger partial charge in [0, 0.05) is 38.4 Å². The Labute approximate surface area is 159 Å². The molecule has 1 aromatic rings. The Bertz CT molecular complexity index is 555. The Balaban J connectivity index is 1.76. The summed E-state index contributed by atoms with van der Waals surface area (Å²) in [4.78, 5) is 6.99. The van der Waals surface area contributed by atoms with Crippen LogP contribution in [-0.4, -0.2) is 53.9 Å². The van der Waals surface area contributed by atoms with E-state index in [-0.39, 0.29) is 0 Å². The average Bonchev–Trinajstić information content (AvgIpc) is 2.80. The van der Waals surface area contributed by atoms with Crippen LogP contribution >= 0.6 is 0 Å². The second kappa shape index (κ2) is 11.2. The summed E-state index contributed by atoms with van der Waals surface area (Å²) in [5, 5.41) is 11.6. The van der Waals surface area contributed by atoms with Gasteiger partial charge in [0.1, 0.15) is 0 Å². The molecule has 1 fully saturated rings. The van der Waals surface area contributed by atoms with Gasteiger partial charge in [0.05, 0.1) is 5.69 Å². The third-order valence-electron chi connectivity index (χ3n) is 5.33. The summed E-state index contributed by atoms with van der Waals surface area (Å²) in [7, 11) is 3.88. The Kier molecular flexibility index (Phi) is 8.95. The van der Waals surface area contributed by atoms with E-state index < -0.39 is 0 Å². The van der Waals surface area contributed by atoms with Crippen LogP contribution in [0.5, 0.6) is 0 Å². The lowest BCUT2D eigenvalue weighted by molar-refractivity contribution is 0.282. The number of aryl methyl sites for hydroxylation is 2. The zero-order chi connectivity index (χ0) is 18.8.